The zero-order chi connectivity index (χ0) is 22.3. The molecule has 4 rings (SSSR count). The third-order valence-electron chi connectivity index (χ3n) is 4.97. The van der Waals surface area contributed by atoms with E-state index < -0.39 is 11.7 Å². The number of hydrogen-bond acceptors (Lipinski definition) is 4. The van der Waals surface area contributed by atoms with Gasteiger partial charge in [0.1, 0.15) is 23.2 Å². The number of amides is 1. The second-order valence-electron chi connectivity index (χ2n) is 7.42. The molecule has 8 heteroatoms. The summed E-state index contributed by atoms with van der Waals surface area (Å²) >= 11 is 0. The molecule has 0 aliphatic heterocycles. The molecular weight excluding hydrogens is 397 g/mol. The van der Waals surface area contributed by atoms with Crippen LogP contribution < -0.4 is 11.0 Å². The van der Waals surface area contributed by atoms with Crippen molar-refractivity contribution in [3.63, 3.8) is 0 Å². The first kappa shape index (κ1) is 20.2. The fourth-order valence-corrected chi connectivity index (χ4v) is 3.52. The smallest absolute Gasteiger partial charge is 0.279 e. The van der Waals surface area contributed by atoms with Crippen LogP contribution in [0.3, 0.4) is 0 Å². The van der Waals surface area contributed by atoms with Crippen LogP contribution in [-0.4, -0.2) is 19.9 Å². The van der Waals surface area contributed by atoms with Crippen molar-refractivity contribution in [3.05, 3.63) is 87.0 Å². The number of rotatable bonds is 2. The van der Waals surface area contributed by atoms with Gasteiger partial charge in [0.25, 0.3) is 11.5 Å². The summed E-state index contributed by atoms with van der Waals surface area (Å²) in [5.41, 5.74) is 1.46. The van der Waals surface area contributed by atoms with Crippen molar-refractivity contribution < 1.29 is 9.18 Å². The molecule has 0 saturated carbocycles. The van der Waals surface area contributed by atoms with Gasteiger partial charge in [-0.1, -0.05) is 12.1 Å². The number of hydrogen-bond donors (Lipinski definition) is 0. The third-order valence-corrected chi connectivity index (χ3v) is 4.97. The van der Waals surface area contributed by atoms with E-state index >= 15 is 0 Å². The van der Waals surface area contributed by atoms with E-state index in [1.54, 1.807) is 16.8 Å². The highest BCUT2D eigenvalue weighted by Gasteiger charge is 2.17. The Kier molecular flexibility index (Phi) is 4.95. The molecule has 0 radical (unpaired) electrons. The Morgan fingerprint density at radius 2 is 1.97 bits per heavy atom. The minimum absolute atomic E-state index is 0.0532. The Bertz CT molecular complexity index is 1540. The van der Waals surface area contributed by atoms with E-state index in [1.807, 2.05) is 32.9 Å². The number of nitriles is 1. The molecule has 0 aliphatic rings. The highest BCUT2D eigenvalue weighted by atomic mass is 19.1. The van der Waals surface area contributed by atoms with Gasteiger partial charge in [0.2, 0.25) is 0 Å². The predicted octanol–water partition coefficient (Wildman–Crippen LogP) is 3.29. The van der Waals surface area contributed by atoms with Crippen molar-refractivity contribution in [1.82, 2.24) is 14.0 Å². The van der Waals surface area contributed by atoms with Gasteiger partial charge in [0, 0.05) is 17.8 Å². The number of benzene rings is 1. The van der Waals surface area contributed by atoms with Gasteiger partial charge >= 0.3 is 0 Å². The molecule has 0 aliphatic carbocycles. The van der Waals surface area contributed by atoms with Crippen LogP contribution in [-0.2, 0) is 0 Å². The van der Waals surface area contributed by atoms with Crippen molar-refractivity contribution in [2.24, 2.45) is 4.99 Å². The molecule has 31 heavy (non-hydrogen) atoms. The second kappa shape index (κ2) is 7.61. The molecule has 1 aromatic carbocycles. The van der Waals surface area contributed by atoms with Crippen molar-refractivity contribution in [2.75, 3.05) is 0 Å². The van der Waals surface area contributed by atoms with Crippen molar-refractivity contribution in [1.29, 1.82) is 5.26 Å². The van der Waals surface area contributed by atoms with Gasteiger partial charge in [-0.25, -0.2) is 9.37 Å². The fourth-order valence-electron chi connectivity index (χ4n) is 3.52. The molecular formula is C23H18FN5O2. The van der Waals surface area contributed by atoms with Crippen LogP contribution >= 0.6 is 0 Å². The van der Waals surface area contributed by atoms with Crippen LogP contribution in [0.15, 0.2) is 58.4 Å². The number of fused-ring (bicyclic) bond motifs is 2. The summed E-state index contributed by atoms with van der Waals surface area (Å²) in [5.74, 6) is -1.26. The van der Waals surface area contributed by atoms with Gasteiger partial charge in [0.05, 0.1) is 10.9 Å². The molecule has 1 amide bonds. The summed E-state index contributed by atoms with van der Waals surface area (Å²) in [4.78, 5) is 34.7. The quantitative estimate of drug-likeness (QED) is 0.470. The highest BCUT2D eigenvalue weighted by molar-refractivity contribution is 5.95. The summed E-state index contributed by atoms with van der Waals surface area (Å²) < 4.78 is 16.6. The Labute approximate surface area is 176 Å². The van der Waals surface area contributed by atoms with Crippen molar-refractivity contribution in [2.45, 2.75) is 26.8 Å². The largest absolute Gasteiger partial charge is 0.306 e. The number of pyridine rings is 2. The molecule has 3 aromatic heterocycles. The van der Waals surface area contributed by atoms with E-state index in [4.69, 9.17) is 0 Å². The summed E-state index contributed by atoms with van der Waals surface area (Å²) in [7, 11) is 0. The van der Waals surface area contributed by atoms with E-state index in [9.17, 15) is 19.2 Å². The predicted molar refractivity (Wildman–Crippen MR) is 113 cm³/mol. The van der Waals surface area contributed by atoms with E-state index in [0.717, 1.165) is 11.6 Å². The minimum atomic E-state index is -0.696. The van der Waals surface area contributed by atoms with Gasteiger partial charge in [0.15, 0.2) is 5.49 Å². The first-order chi connectivity index (χ1) is 14.8. The maximum atomic E-state index is 13.6. The van der Waals surface area contributed by atoms with Crippen LogP contribution in [0.1, 0.15) is 41.4 Å². The molecule has 0 bridgehead atoms. The number of aryl methyl sites for hydroxylation is 1. The lowest BCUT2D eigenvalue weighted by Gasteiger charge is -2.16. The average Bonchev–Trinajstić information content (AvgIpc) is 2.74. The molecule has 7 nitrogen and oxygen atoms in total. The van der Waals surface area contributed by atoms with E-state index in [0.29, 0.717) is 11.3 Å². The number of halogens is 1. The van der Waals surface area contributed by atoms with Crippen molar-refractivity contribution in [3.8, 4) is 6.07 Å². The van der Waals surface area contributed by atoms with Crippen LogP contribution in [0.2, 0.25) is 0 Å². The lowest BCUT2D eigenvalue weighted by atomic mass is 10.2. The second-order valence-corrected chi connectivity index (χ2v) is 7.42. The summed E-state index contributed by atoms with van der Waals surface area (Å²) in [5, 5.41) is 9.98. The monoisotopic (exact) mass is 415 g/mol. The lowest BCUT2D eigenvalue weighted by molar-refractivity contribution is 0.0996. The molecule has 3 heterocycles. The van der Waals surface area contributed by atoms with Crippen LogP contribution in [0.4, 0.5) is 4.39 Å². The van der Waals surface area contributed by atoms with Crippen LogP contribution in [0, 0.1) is 24.1 Å². The molecule has 4 aromatic rings. The van der Waals surface area contributed by atoms with E-state index in [2.05, 4.69) is 9.98 Å². The molecule has 0 saturated heterocycles. The van der Waals surface area contributed by atoms with Gasteiger partial charge in [-0.3, -0.25) is 14.0 Å². The molecule has 0 N–H and O–H groups in total. The average molecular weight is 415 g/mol. The number of carbonyl (C=O) groups excluding carboxylic acids is 1. The fraction of sp³-hybridized carbons (Fsp3) is 0.174. The molecule has 0 atom stereocenters. The lowest BCUT2D eigenvalue weighted by Crippen LogP contribution is -2.30. The topological polar surface area (TPSA) is 92.5 Å². The third kappa shape index (κ3) is 3.40. The molecule has 0 unspecified atom stereocenters. The van der Waals surface area contributed by atoms with Crippen molar-refractivity contribution >= 4 is 22.6 Å². The first-order valence-electron chi connectivity index (χ1n) is 9.63. The van der Waals surface area contributed by atoms with E-state index in [-0.39, 0.29) is 33.6 Å². The molecule has 0 spiro atoms. The molecule has 154 valence electrons. The maximum Gasteiger partial charge on any atom is 0.279 e. The number of nitrogens with zero attached hydrogens (tertiary/aromatic N) is 5. The van der Waals surface area contributed by atoms with Crippen LogP contribution in [0.25, 0.3) is 16.7 Å². The Morgan fingerprint density at radius 1 is 1.19 bits per heavy atom. The zero-order valence-corrected chi connectivity index (χ0v) is 17.1. The highest BCUT2D eigenvalue weighted by Crippen LogP contribution is 2.16. The van der Waals surface area contributed by atoms with Gasteiger partial charge in [-0.2, -0.15) is 10.3 Å². The minimum Gasteiger partial charge on any atom is -0.306 e. The summed E-state index contributed by atoms with van der Waals surface area (Å²) in [6.45, 7) is 5.52. The maximum absolute atomic E-state index is 13.6. The van der Waals surface area contributed by atoms with Crippen LogP contribution in [0.5, 0.6) is 0 Å². The zero-order valence-electron chi connectivity index (χ0n) is 17.1. The normalized spacial score (nSPS) is 11.9. The Hall–Kier alpha value is -4.12. The van der Waals surface area contributed by atoms with Gasteiger partial charge in [-0.05, 0) is 56.7 Å². The standard InChI is InChI=1S/C23H18FN5O2/c1-13(2)29-20(27-22(30)15-7-4-8-17(24)10-15)16(12-25)11-18-21(29)26-19-14(3)6-5-9-28(19)23(18)31/h4-11,13H,1-3H3. The Morgan fingerprint density at radius 3 is 2.65 bits per heavy atom. The number of carbonyl (C=O) groups is 1. The summed E-state index contributed by atoms with van der Waals surface area (Å²) in [6.07, 6.45) is 1.62. The van der Waals surface area contributed by atoms with E-state index in [1.165, 1.54) is 28.7 Å². The SMILES string of the molecule is Cc1cccn2c(=O)c3cc(C#N)c(=NC(=O)c4cccc(F)c4)n(C(C)C)c3nc12. The van der Waals surface area contributed by atoms with Gasteiger partial charge in [-0.15, -0.1) is 0 Å². The number of aromatic nitrogens is 3. The Balaban J connectivity index is 2.15. The van der Waals surface area contributed by atoms with Gasteiger partial charge < -0.3 is 4.57 Å². The summed E-state index contributed by atoms with van der Waals surface area (Å²) in [6, 6.07) is 11.9. The first-order valence-corrected chi connectivity index (χ1v) is 9.63. The molecule has 0 fully saturated rings.